The molecule has 10 heteroatoms. The minimum atomic E-state index is -1.60. The summed E-state index contributed by atoms with van der Waals surface area (Å²) in [5.74, 6) is 0.889. The minimum Gasteiger partial charge on any atom is -0.361 e. The van der Waals surface area contributed by atoms with Gasteiger partial charge in [0.25, 0.3) is 0 Å². The molecule has 1 aliphatic heterocycles. The number of piperidine rings is 1. The summed E-state index contributed by atoms with van der Waals surface area (Å²) in [5, 5.41) is 0.180. The largest absolute Gasteiger partial charge is 0.361 e. The number of pyridine rings is 2. The number of nitrogens with two attached hydrogens (primary N) is 1. The summed E-state index contributed by atoms with van der Waals surface area (Å²) in [6, 6.07) is 5.80. The van der Waals surface area contributed by atoms with Crippen molar-refractivity contribution in [3.63, 3.8) is 0 Å². The Hall–Kier alpha value is -2.88. The first kappa shape index (κ1) is 19.3. The van der Waals surface area contributed by atoms with Crippen molar-refractivity contribution in [1.82, 2.24) is 24.3 Å². The van der Waals surface area contributed by atoms with E-state index in [1.807, 2.05) is 29.8 Å². The average molecular weight is 525 g/mol. The molecule has 5 heterocycles. The Balaban J connectivity index is 1.28. The molecular formula is C26H29ClN8S. The molecule has 1 atom stereocenters. The second-order valence-corrected chi connectivity index (χ2v) is 10.9. The number of aryl methyl sites for hydroxylation is 1. The number of rotatable bonds is 4. The van der Waals surface area contributed by atoms with Crippen molar-refractivity contribution in [2.45, 2.75) is 42.0 Å². The van der Waals surface area contributed by atoms with Crippen molar-refractivity contribution in [2.24, 2.45) is 11.1 Å². The van der Waals surface area contributed by atoms with E-state index in [9.17, 15) is 0 Å². The summed E-state index contributed by atoms with van der Waals surface area (Å²) in [7, 11) is 0. The van der Waals surface area contributed by atoms with Gasteiger partial charge in [0.1, 0.15) is 5.82 Å². The van der Waals surface area contributed by atoms with E-state index in [0.717, 1.165) is 65.1 Å². The Bertz CT molecular complexity index is 1550. The fraction of sp³-hybridized carbons (Fsp3) is 0.385. The van der Waals surface area contributed by atoms with Gasteiger partial charge in [-0.3, -0.25) is 9.38 Å². The second kappa shape index (κ2) is 8.90. The van der Waals surface area contributed by atoms with E-state index in [0.29, 0.717) is 4.90 Å². The molecule has 8 nitrogen and oxygen atoms in total. The third-order valence-corrected chi connectivity index (χ3v) is 9.16. The third-order valence-electron chi connectivity index (χ3n) is 7.43. The summed E-state index contributed by atoms with van der Waals surface area (Å²) in [6.07, 6.45) is 9.82. The summed E-state index contributed by atoms with van der Waals surface area (Å²) in [5.41, 5.74) is 10.6. The van der Waals surface area contributed by atoms with Crippen LogP contribution in [0.3, 0.4) is 0 Å². The van der Waals surface area contributed by atoms with E-state index in [4.69, 9.17) is 27.8 Å². The van der Waals surface area contributed by atoms with Crippen molar-refractivity contribution in [2.75, 3.05) is 36.9 Å². The molecule has 0 bridgehead atoms. The lowest BCUT2D eigenvalue weighted by atomic mass is 9.73. The van der Waals surface area contributed by atoms with Crippen molar-refractivity contribution in [3.8, 4) is 0 Å². The van der Waals surface area contributed by atoms with Crippen LogP contribution in [0, 0.1) is 12.3 Å². The predicted octanol–water partition coefficient (Wildman–Crippen LogP) is 4.54. The van der Waals surface area contributed by atoms with Crippen molar-refractivity contribution >= 4 is 40.8 Å². The normalized spacial score (nSPS) is 20.5. The molecule has 6 rings (SSSR count). The number of anilines is 2. The molecular weight excluding hydrogens is 492 g/mol. The first-order valence-electron chi connectivity index (χ1n) is 14.1. The monoisotopic (exact) mass is 524 g/mol. The molecule has 186 valence electrons. The topological polar surface area (TPSA) is 88.5 Å². The Morgan fingerprint density at radius 2 is 2.00 bits per heavy atom. The number of hydrogen-bond acceptors (Lipinski definition) is 8. The molecule has 1 saturated heterocycles. The van der Waals surface area contributed by atoms with Gasteiger partial charge in [-0.25, -0.2) is 15.0 Å². The lowest BCUT2D eigenvalue weighted by molar-refractivity contribution is 0.186. The van der Waals surface area contributed by atoms with Crippen molar-refractivity contribution < 1.29 is 5.48 Å². The van der Waals surface area contributed by atoms with Crippen LogP contribution in [0.1, 0.15) is 41.3 Å². The van der Waals surface area contributed by atoms with E-state index in [2.05, 4.69) is 25.9 Å². The highest BCUT2D eigenvalue weighted by molar-refractivity contribution is 7.99. The van der Waals surface area contributed by atoms with Gasteiger partial charge in [-0.1, -0.05) is 29.4 Å². The van der Waals surface area contributed by atoms with Crippen LogP contribution in [-0.4, -0.2) is 51.4 Å². The molecule has 1 aliphatic carbocycles. The lowest BCUT2D eigenvalue weighted by Crippen LogP contribution is -2.45. The number of fused-ring (bicyclic) bond motifs is 2. The van der Waals surface area contributed by atoms with Gasteiger partial charge in [-0.05, 0) is 49.3 Å². The molecule has 0 aromatic carbocycles. The zero-order chi connectivity index (χ0) is 28.2. The molecule has 4 aromatic heterocycles. The van der Waals surface area contributed by atoms with E-state index in [1.165, 1.54) is 23.5 Å². The maximum atomic E-state index is 7.74. The summed E-state index contributed by atoms with van der Waals surface area (Å²) in [6.45, 7) is 0.397. The van der Waals surface area contributed by atoms with Gasteiger partial charge in [0.2, 0.25) is 5.95 Å². The maximum absolute atomic E-state index is 7.74. The highest BCUT2D eigenvalue weighted by Crippen LogP contribution is 2.50. The Morgan fingerprint density at radius 3 is 2.78 bits per heavy atom. The van der Waals surface area contributed by atoms with Gasteiger partial charge < -0.3 is 15.5 Å². The smallest absolute Gasteiger partial charge is 0.211 e. The average Bonchev–Trinajstić information content (AvgIpc) is 3.51. The van der Waals surface area contributed by atoms with Gasteiger partial charge in [-0.15, -0.1) is 0 Å². The van der Waals surface area contributed by atoms with Gasteiger partial charge in [0, 0.05) is 74.0 Å². The van der Waals surface area contributed by atoms with Gasteiger partial charge in [0.05, 0.1) is 15.6 Å². The molecule has 2 N–H and O–H groups in total. The zero-order valence-corrected chi connectivity index (χ0v) is 21.4. The molecule has 1 spiro atoms. The maximum Gasteiger partial charge on any atom is 0.211 e. The minimum absolute atomic E-state index is 0.00761. The van der Waals surface area contributed by atoms with Crippen LogP contribution < -0.4 is 15.5 Å². The number of halogens is 1. The van der Waals surface area contributed by atoms with Crippen LogP contribution in [0.15, 0.2) is 52.8 Å². The Morgan fingerprint density at radius 1 is 1.17 bits per heavy atom. The first-order valence-corrected chi connectivity index (χ1v) is 13.0. The number of aromatic nitrogens is 5. The molecule has 2 aliphatic rings. The molecule has 0 radical (unpaired) electrons. The number of hydrogen-bond donors (Lipinski definition) is 1. The second-order valence-electron chi connectivity index (χ2n) is 9.45. The molecule has 0 saturated carbocycles. The SMILES string of the molecule is [2H]C([2H])N(c1nccc(Sc2c(C)nc(N3CCC4(CC3)Cc3ncccc3[C@H]4N)n3ccnc23)c1Cl)C([2H])[2H]. The predicted molar refractivity (Wildman–Crippen MR) is 144 cm³/mol. The van der Waals surface area contributed by atoms with Crippen LogP contribution >= 0.6 is 23.4 Å². The Labute approximate surface area is 225 Å². The fourth-order valence-corrected chi connectivity index (χ4v) is 6.76. The summed E-state index contributed by atoms with van der Waals surface area (Å²) < 4.78 is 33.0. The first-order chi connectivity index (χ1) is 19.2. The molecule has 0 unspecified atom stereocenters. The highest BCUT2D eigenvalue weighted by atomic mass is 35.5. The third kappa shape index (κ3) is 3.72. The van der Waals surface area contributed by atoms with Crippen LogP contribution in [0.2, 0.25) is 5.02 Å². The van der Waals surface area contributed by atoms with Crippen molar-refractivity contribution in [3.05, 3.63) is 65.0 Å². The highest BCUT2D eigenvalue weighted by Gasteiger charge is 2.46. The quantitative estimate of drug-likeness (QED) is 0.416. The van der Waals surface area contributed by atoms with Crippen LogP contribution in [-0.2, 0) is 6.42 Å². The lowest BCUT2D eigenvalue weighted by Gasteiger charge is -2.42. The van der Waals surface area contributed by atoms with Gasteiger partial charge in [0.15, 0.2) is 5.65 Å². The van der Waals surface area contributed by atoms with Gasteiger partial charge >= 0.3 is 0 Å². The summed E-state index contributed by atoms with van der Waals surface area (Å²) in [4.78, 5) is 23.0. The fourth-order valence-electron chi connectivity index (χ4n) is 5.47. The molecule has 0 amide bonds. The molecule has 1 fully saturated rings. The number of imidazole rings is 1. The van der Waals surface area contributed by atoms with E-state index >= 15 is 0 Å². The van der Waals surface area contributed by atoms with Crippen LogP contribution in [0.25, 0.3) is 5.65 Å². The Kier molecular flexibility index (Phi) is 4.76. The number of nitrogens with zero attached hydrogens (tertiary/aromatic N) is 7. The zero-order valence-electron chi connectivity index (χ0n) is 23.8. The van der Waals surface area contributed by atoms with Crippen molar-refractivity contribution in [1.29, 1.82) is 0 Å². The van der Waals surface area contributed by atoms with Crippen LogP contribution in [0.5, 0.6) is 0 Å². The van der Waals surface area contributed by atoms with Crippen LogP contribution in [0.4, 0.5) is 11.8 Å². The van der Waals surface area contributed by atoms with E-state index in [1.54, 1.807) is 12.3 Å². The molecule has 4 aromatic rings. The standard InChI is InChI=1S/C26H29ClN8S/c1-16-21(36-19-6-10-30-23(20(19)27)33(2)3)24-31-11-14-35(24)25(32-16)34-12-7-26(8-13-34)15-18-17(22(26)28)5-4-9-29-18/h4-6,9-11,14,22H,7-8,12-13,15,28H2,1-3H3/t22-/m1/s1/i2D2,3D2. The molecule has 36 heavy (non-hydrogen) atoms. The summed E-state index contributed by atoms with van der Waals surface area (Å²) >= 11 is 8.01. The van der Waals surface area contributed by atoms with E-state index in [-0.39, 0.29) is 22.3 Å². The van der Waals surface area contributed by atoms with Gasteiger partial charge in [-0.2, -0.15) is 0 Å². The van der Waals surface area contributed by atoms with E-state index < -0.39 is 14.0 Å².